The first-order valence-electron chi connectivity index (χ1n) is 5.13. The molecule has 0 bridgehead atoms. The second kappa shape index (κ2) is 5.97. The predicted octanol–water partition coefficient (Wildman–Crippen LogP) is 1.42. The van der Waals surface area contributed by atoms with E-state index >= 15 is 0 Å². The van der Waals surface area contributed by atoms with Crippen LogP contribution in [0.1, 0.15) is 46.5 Å². The first-order chi connectivity index (χ1) is 6.08. The van der Waals surface area contributed by atoms with Crippen LogP contribution in [-0.4, -0.2) is 18.0 Å². The van der Waals surface area contributed by atoms with Crippen LogP contribution in [0.2, 0.25) is 0 Å². The minimum atomic E-state index is -0.219. The molecule has 3 nitrogen and oxygen atoms in total. The fraction of sp³-hybridized carbons (Fsp3) is 0.900. The lowest BCUT2D eigenvalue weighted by Crippen LogP contribution is -2.49. The zero-order valence-corrected chi connectivity index (χ0v) is 9.02. The molecule has 0 radical (unpaired) electrons. The number of nitrogens with two attached hydrogens (primary N) is 1. The number of rotatable bonds is 6. The van der Waals surface area contributed by atoms with Crippen LogP contribution in [0.25, 0.3) is 0 Å². The second-order valence-electron chi connectivity index (χ2n) is 3.60. The Morgan fingerprint density at radius 3 is 2.23 bits per heavy atom. The second-order valence-corrected chi connectivity index (χ2v) is 3.60. The summed E-state index contributed by atoms with van der Waals surface area (Å²) in [4.78, 5) is 11.2. The van der Waals surface area contributed by atoms with Crippen LogP contribution in [0, 0.1) is 0 Å². The molecule has 0 spiro atoms. The molecule has 0 rings (SSSR count). The van der Waals surface area contributed by atoms with Crippen molar-refractivity contribution in [1.29, 1.82) is 0 Å². The van der Waals surface area contributed by atoms with Crippen LogP contribution in [0.5, 0.6) is 0 Å². The van der Waals surface area contributed by atoms with Gasteiger partial charge in [-0.25, -0.2) is 0 Å². The van der Waals surface area contributed by atoms with Crippen molar-refractivity contribution in [3.8, 4) is 0 Å². The van der Waals surface area contributed by atoms with Gasteiger partial charge in [-0.15, -0.1) is 0 Å². The highest BCUT2D eigenvalue weighted by molar-refractivity contribution is 5.75. The van der Waals surface area contributed by atoms with Crippen molar-refractivity contribution in [2.75, 3.05) is 6.54 Å². The normalized spacial score (nSPS) is 11.4. The minimum Gasteiger partial charge on any atom is -0.354 e. The number of amides is 1. The summed E-state index contributed by atoms with van der Waals surface area (Å²) in [6.45, 7) is 6.69. The lowest BCUT2D eigenvalue weighted by atomic mass is 9.94. The Balaban J connectivity index is 3.78. The molecule has 0 aliphatic heterocycles. The lowest BCUT2D eigenvalue weighted by Gasteiger charge is -2.26. The van der Waals surface area contributed by atoms with Crippen molar-refractivity contribution >= 4 is 5.91 Å². The monoisotopic (exact) mass is 186 g/mol. The summed E-state index contributed by atoms with van der Waals surface area (Å²) in [7, 11) is 0. The summed E-state index contributed by atoms with van der Waals surface area (Å²) in [5.41, 5.74) is 5.81. The maximum Gasteiger partial charge on any atom is 0.220 e. The Labute approximate surface area is 81.1 Å². The van der Waals surface area contributed by atoms with Gasteiger partial charge in [-0.05, 0) is 19.3 Å². The van der Waals surface area contributed by atoms with Gasteiger partial charge in [0.25, 0.3) is 0 Å². The molecular formula is C10H22N2O. The average Bonchev–Trinajstić information content (AvgIpc) is 2.15. The summed E-state index contributed by atoms with van der Waals surface area (Å²) in [6.07, 6.45) is 3.29. The number of hydrogen-bond donors (Lipinski definition) is 2. The third-order valence-electron chi connectivity index (χ3n) is 2.52. The third kappa shape index (κ3) is 4.88. The molecule has 0 saturated carbocycles. The fourth-order valence-electron chi connectivity index (χ4n) is 1.09. The van der Waals surface area contributed by atoms with Crippen molar-refractivity contribution in [1.82, 2.24) is 5.32 Å². The van der Waals surface area contributed by atoms with Crippen LogP contribution >= 0.6 is 0 Å². The molecule has 1 amide bonds. The number of carbonyl (C=O) groups is 1. The Bertz CT molecular complexity index is 153. The van der Waals surface area contributed by atoms with Crippen molar-refractivity contribution in [2.45, 2.75) is 52.0 Å². The van der Waals surface area contributed by atoms with Crippen LogP contribution in [0.15, 0.2) is 0 Å². The molecule has 0 heterocycles. The number of nitrogens with one attached hydrogen (secondary N) is 1. The van der Waals surface area contributed by atoms with Crippen LogP contribution in [-0.2, 0) is 4.79 Å². The third-order valence-corrected chi connectivity index (χ3v) is 2.52. The summed E-state index contributed by atoms with van der Waals surface area (Å²) >= 11 is 0. The lowest BCUT2D eigenvalue weighted by molar-refractivity contribution is -0.121. The van der Waals surface area contributed by atoms with E-state index < -0.39 is 0 Å². The van der Waals surface area contributed by atoms with E-state index in [1.165, 1.54) is 0 Å². The summed E-state index contributed by atoms with van der Waals surface area (Å²) in [5.74, 6) is 0.110. The van der Waals surface area contributed by atoms with Gasteiger partial charge in [-0.3, -0.25) is 4.79 Å². The molecule has 0 saturated heterocycles. The first-order valence-corrected chi connectivity index (χ1v) is 5.13. The van der Waals surface area contributed by atoms with Gasteiger partial charge in [0, 0.05) is 18.5 Å². The largest absolute Gasteiger partial charge is 0.354 e. The molecular weight excluding hydrogens is 164 g/mol. The average molecular weight is 186 g/mol. The molecule has 3 heteroatoms. The van der Waals surface area contributed by atoms with E-state index in [0.29, 0.717) is 13.0 Å². The van der Waals surface area contributed by atoms with E-state index in [0.717, 1.165) is 19.3 Å². The van der Waals surface area contributed by atoms with E-state index in [2.05, 4.69) is 19.2 Å². The van der Waals surface area contributed by atoms with Gasteiger partial charge in [0.2, 0.25) is 5.91 Å². The van der Waals surface area contributed by atoms with E-state index in [1.807, 2.05) is 6.92 Å². The highest BCUT2D eigenvalue weighted by atomic mass is 16.1. The molecule has 13 heavy (non-hydrogen) atoms. The van der Waals surface area contributed by atoms with Crippen molar-refractivity contribution in [2.24, 2.45) is 5.73 Å². The van der Waals surface area contributed by atoms with Gasteiger partial charge in [-0.1, -0.05) is 20.8 Å². The highest BCUT2D eigenvalue weighted by Crippen LogP contribution is 2.09. The quantitative estimate of drug-likeness (QED) is 0.659. The van der Waals surface area contributed by atoms with E-state index in [4.69, 9.17) is 5.73 Å². The molecule has 0 aliphatic rings. The summed E-state index contributed by atoms with van der Waals surface area (Å²) < 4.78 is 0. The Hall–Kier alpha value is -0.570. The molecule has 0 aromatic rings. The Morgan fingerprint density at radius 2 is 1.85 bits per heavy atom. The molecule has 0 aliphatic carbocycles. The molecule has 0 unspecified atom stereocenters. The maximum absolute atomic E-state index is 11.2. The van der Waals surface area contributed by atoms with Gasteiger partial charge in [0.1, 0.15) is 0 Å². The zero-order chi connectivity index (χ0) is 10.3. The SMILES string of the molecule is CCCC(=O)NCC(N)(CC)CC. The molecule has 0 atom stereocenters. The molecule has 3 N–H and O–H groups in total. The van der Waals surface area contributed by atoms with E-state index in [9.17, 15) is 4.79 Å². The van der Waals surface area contributed by atoms with Crippen LogP contribution in [0.4, 0.5) is 0 Å². The fourth-order valence-corrected chi connectivity index (χ4v) is 1.09. The first kappa shape index (κ1) is 12.4. The number of hydrogen-bond acceptors (Lipinski definition) is 2. The van der Waals surface area contributed by atoms with Crippen molar-refractivity contribution < 1.29 is 4.79 Å². The standard InChI is InChI=1S/C10H22N2O/c1-4-7-9(13)12-8-10(11,5-2)6-3/h4-8,11H2,1-3H3,(H,12,13). The van der Waals surface area contributed by atoms with Gasteiger partial charge < -0.3 is 11.1 Å². The van der Waals surface area contributed by atoms with Crippen molar-refractivity contribution in [3.63, 3.8) is 0 Å². The zero-order valence-electron chi connectivity index (χ0n) is 9.02. The molecule has 0 aromatic heterocycles. The summed E-state index contributed by atoms with van der Waals surface area (Å²) in [6, 6.07) is 0. The van der Waals surface area contributed by atoms with Gasteiger partial charge in [-0.2, -0.15) is 0 Å². The molecule has 0 fully saturated rings. The predicted molar refractivity (Wildman–Crippen MR) is 55.4 cm³/mol. The highest BCUT2D eigenvalue weighted by Gasteiger charge is 2.20. The molecule has 78 valence electrons. The van der Waals surface area contributed by atoms with Gasteiger partial charge in [0.05, 0.1) is 0 Å². The van der Waals surface area contributed by atoms with Crippen molar-refractivity contribution in [3.05, 3.63) is 0 Å². The van der Waals surface area contributed by atoms with E-state index in [1.54, 1.807) is 0 Å². The Kier molecular flexibility index (Phi) is 5.71. The van der Waals surface area contributed by atoms with Crippen LogP contribution in [0.3, 0.4) is 0 Å². The number of carbonyl (C=O) groups excluding carboxylic acids is 1. The van der Waals surface area contributed by atoms with Gasteiger partial charge >= 0.3 is 0 Å². The van der Waals surface area contributed by atoms with Crippen LogP contribution < -0.4 is 11.1 Å². The molecule has 0 aromatic carbocycles. The minimum absolute atomic E-state index is 0.110. The smallest absolute Gasteiger partial charge is 0.220 e. The van der Waals surface area contributed by atoms with E-state index in [-0.39, 0.29) is 11.4 Å². The Morgan fingerprint density at radius 1 is 1.31 bits per heavy atom. The maximum atomic E-state index is 11.2. The topological polar surface area (TPSA) is 55.1 Å². The van der Waals surface area contributed by atoms with Gasteiger partial charge in [0.15, 0.2) is 0 Å². The summed E-state index contributed by atoms with van der Waals surface area (Å²) in [5, 5.41) is 2.86.